The van der Waals surface area contributed by atoms with Gasteiger partial charge in [-0.2, -0.15) is 0 Å². The first kappa shape index (κ1) is 20.6. The van der Waals surface area contributed by atoms with Crippen molar-refractivity contribution in [2.45, 2.75) is 37.8 Å². The summed E-state index contributed by atoms with van der Waals surface area (Å²) in [7, 11) is -3.15. The first-order chi connectivity index (χ1) is 13.4. The van der Waals surface area contributed by atoms with E-state index in [2.05, 4.69) is 15.5 Å². The summed E-state index contributed by atoms with van der Waals surface area (Å²) in [5.74, 6) is 0.0853. The van der Waals surface area contributed by atoms with Crippen LogP contribution in [-0.2, 0) is 19.4 Å². The van der Waals surface area contributed by atoms with Gasteiger partial charge in [0, 0.05) is 25.1 Å². The summed E-state index contributed by atoms with van der Waals surface area (Å²) in [4.78, 5) is 26.2. The second kappa shape index (κ2) is 9.38. The maximum atomic E-state index is 12.3. The molecule has 0 spiro atoms. The first-order valence-electron chi connectivity index (χ1n) is 9.66. The van der Waals surface area contributed by atoms with Gasteiger partial charge in [-0.1, -0.05) is 6.42 Å². The zero-order chi connectivity index (χ0) is 20.0. The third kappa shape index (κ3) is 5.93. The minimum absolute atomic E-state index is 0.0157. The highest BCUT2D eigenvalue weighted by Gasteiger charge is 2.41. The molecule has 3 rings (SSSR count). The second-order valence-electron chi connectivity index (χ2n) is 7.30. The van der Waals surface area contributed by atoms with Gasteiger partial charge in [0.25, 0.3) is 0 Å². The van der Waals surface area contributed by atoms with E-state index in [0.29, 0.717) is 5.76 Å². The normalized spacial score (nSPS) is 25.0. The minimum Gasteiger partial charge on any atom is -0.465 e. The molecule has 154 valence electrons. The Hall–Kier alpha value is -2.13. The van der Waals surface area contributed by atoms with Crippen LogP contribution in [0.3, 0.4) is 0 Å². The van der Waals surface area contributed by atoms with Crippen LogP contribution in [-0.4, -0.2) is 68.4 Å². The van der Waals surface area contributed by atoms with E-state index in [0.717, 1.165) is 25.9 Å². The molecule has 0 radical (unpaired) electrons. The molecule has 0 bridgehead atoms. The van der Waals surface area contributed by atoms with Gasteiger partial charge < -0.3 is 15.1 Å². The summed E-state index contributed by atoms with van der Waals surface area (Å²) in [5.41, 5.74) is 0. The third-order valence-electron chi connectivity index (χ3n) is 5.12. The Morgan fingerprint density at radius 1 is 1.21 bits per heavy atom. The van der Waals surface area contributed by atoms with Crippen molar-refractivity contribution in [3.8, 4) is 0 Å². The molecule has 0 aromatic carbocycles. The molecule has 0 aliphatic carbocycles. The Morgan fingerprint density at radius 3 is 2.71 bits per heavy atom. The Balaban J connectivity index is 1.44. The van der Waals surface area contributed by atoms with Gasteiger partial charge in [0.1, 0.15) is 5.76 Å². The van der Waals surface area contributed by atoms with E-state index in [9.17, 15) is 18.0 Å². The van der Waals surface area contributed by atoms with E-state index in [1.54, 1.807) is 18.2 Å². The molecule has 28 heavy (non-hydrogen) atoms. The summed E-state index contributed by atoms with van der Waals surface area (Å²) in [6, 6.07) is 2.92. The van der Waals surface area contributed by atoms with Crippen molar-refractivity contribution in [2.24, 2.45) is 0 Å². The van der Waals surface area contributed by atoms with E-state index in [-0.39, 0.29) is 48.4 Å². The van der Waals surface area contributed by atoms with Crippen LogP contribution in [0.1, 0.15) is 31.4 Å². The predicted molar refractivity (Wildman–Crippen MR) is 105 cm³/mol. The van der Waals surface area contributed by atoms with Crippen molar-refractivity contribution in [2.75, 3.05) is 31.1 Å². The standard InChI is InChI=1S/C19H27N3O5S/c23-18(7-6-15-5-4-12-27-15)20-9-8-19(24)21-16-13-28(25,26)14-17(16)22-10-2-1-3-11-22/h4-7,12,16-17H,1-3,8-11,13-14H2,(H,20,23)(H,21,24)/b7-6+. The van der Waals surface area contributed by atoms with Crippen LogP contribution >= 0.6 is 0 Å². The van der Waals surface area contributed by atoms with Gasteiger partial charge >= 0.3 is 0 Å². The van der Waals surface area contributed by atoms with Crippen molar-refractivity contribution < 1.29 is 22.4 Å². The monoisotopic (exact) mass is 409 g/mol. The lowest BCUT2D eigenvalue weighted by molar-refractivity contribution is -0.122. The van der Waals surface area contributed by atoms with Crippen LogP contribution in [0.15, 0.2) is 28.9 Å². The number of nitrogens with one attached hydrogen (secondary N) is 2. The molecule has 2 atom stereocenters. The van der Waals surface area contributed by atoms with Crippen LogP contribution in [0.5, 0.6) is 0 Å². The number of sulfone groups is 1. The molecule has 2 aliphatic heterocycles. The topological polar surface area (TPSA) is 109 Å². The maximum absolute atomic E-state index is 12.3. The average molecular weight is 410 g/mol. The van der Waals surface area contributed by atoms with E-state index >= 15 is 0 Å². The Bertz CT molecular complexity index is 798. The summed E-state index contributed by atoms with van der Waals surface area (Å²) in [5, 5.41) is 5.50. The molecule has 3 heterocycles. The molecule has 8 nitrogen and oxygen atoms in total. The van der Waals surface area contributed by atoms with Crippen LogP contribution < -0.4 is 10.6 Å². The number of rotatable bonds is 7. The van der Waals surface area contributed by atoms with E-state index in [1.807, 2.05) is 0 Å². The van der Waals surface area contributed by atoms with Gasteiger partial charge in [0.05, 0.1) is 23.8 Å². The van der Waals surface area contributed by atoms with Crippen LogP contribution in [0.4, 0.5) is 0 Å². The van der Waals surface area contributed by atoms with Crippen LogP contribution in [0.25, 0.3) is 6.08 Å². The number of carbonyl (C=O) groups is 2. The molecule has 2 amide bonds. The molecule has 2 fully saturated rings. The zero-order valence-electron chi connectivity index (χ0n) is 15.8. The van der Waals surface area contributed by atoms with Crippen molar-refractivity contribution in [1.82, 2.24) is 15.5 Å². The van der Waals surface area contributed by atoms with Gasteiger partial charge in [-0.25, -0.2) is 8.42 Å². The van der Waals surface area contributed by atoms with Gasteiger partial charge in [0.15, 0.2) is 9.84 Å². The van der Waals surface area contributed by atoms with Gasteiger partial charge in [-0.3, -0.25) is 14.5 Å². The number of piperidine rings is 1. The molecule has 2 saturated heterocycles. The minimum atomic E-state index is -3.15. The number of furan rings is 1. The molecule has 2 unspecified atom stereocenters. The van der Waals surface area contributed by atoms with Crippen molar-refractivity contribution in [1.29, 1.82) is 0 Å². The molecular formula is C19H27N3O5S. The first-order valence-corrected chi connectivity index (χ1v) is 11.5. The predicted octanol–water partition coefficient (Wildman–Crippen LogP) is 0.567. The maximum Gasteiger partial charge on any atom is 0.244 e. The second-order valence-corrected chi connectivity index (χ2v) is 9.46. The highest BCUT2D eigenvalue weighted by Crippen LogP contribution is 2.22. The van der Waals surface area contributed by atoms with Crippen LogP contribution in [0, 0.1) is 0 Å². The Morgan fingerprint density at radius 2 is 2.00 bits per heavy atom. The molecule has 1 aromatic heterocycles. The van der Waals surface area contributed by atoms with E-state index < -0.39 is 9.84 Å². The zero-order valence-corrected chi connectivity index (χ0v) is 16.6. The highest BCUT2D eigenvalue weighted by atomic mass is 32.2. The number of nitrogens with zero attached hydrogens (tertiary/aromatic N) is 1. The fourth-order valence-electron chi connectivity index (χ4n) is 3.76. The summed E-state index contributed by atoms with van der Waals surface area (Å²) in [6.45, 7) is 1.94. The molecule has 2 aliphatic rings. The molecule has 2 N–H and O–H groups in total. The lowest BCUT2D eigenvalue weighted by Gasteiger charge is -2.35. The Kier molecular flexibility index (Phi) is 6.90. The summed E-state index contributed by atoms with van der Waals surface area (Å²) < 4.78 is 29.3. The van der Waals surface area contributed by atoms with Crippen molar-refractivity contribution in [3.63, 3.8) is 0 Å². The number of hydrogen-bond acceptors (Lipinski definition) is 6. The van der Waals surface area contributed by atoms with Gasteiger partial charge in [-0.15, -0.1) is 0 Å². The van der Waals surface area contributed by atoms with E-state index in [1.165, 1.54) is 18.8 Å². The number of likely N-dealkylation sites (tertiary alicyclic amines) is 1. The average Bonchev–Trinajstić information content (AvgIpc) is 3.28. The number of carbonyl (C=O) groups excluding carboxylic acids is 2. The van der Waals surface area contributed by atoms with Gasteiger partial charge in [0.2, 0.25) is 11.8 Å². The van der Waals surface area contributed by atoms with Gasteiger partial charge in [-0.05, 0) is 44.1 Å². The quantitative estimate of drug-likeness (QED) is 0.637. The molecule has 0 saturated carbocycles. The molecular weight excluding hydrogens is 382 g/mol. The van der Waals surface area contributed by atoms with E-state index in [4.69, 9.17) is 4.42 Å². The third-order valence-corrected chi connectivity index (χ3v) is 6.84. The van der Waals surface area contributed by atoms with Crippen LogP contribution in [0.2, 0.25) is 0 Å². The lowest BCUT2D eigenvalue weighted by atomic mass is 10.0. The fraction of sp³-hybridized carbons (Fsp3) is 0.579. The SMILES string of the molecule is O=C(/C=C/c1ccco1)NCCC(=O)NC1CS(=O)(=O)CC1N1CCCCC1. The fourth-order valence-corrected chi connectivity index (χ4v) is 5.71. The molecule has 1 aromatic rings. The number of hydrogen-bond donors (Lipinski definition) is 2. The molecule has 9 heteroatoms. The van der Waals surface area contributed by atoms with Crippen molar-refractivity contribution >= 4 is 27.7 Å². The number of amides is 2. The summed E-state index contributed by atoms with van der Waals surface area (Å²) >= 11 is 0. The van der Waals surface area contributed by atoms with Crippen molar-refractivity contribution in [3.05, 3.63) is 30.2 Å². The lowest BCUT2D eigenvalue weighted by Crippen LogP contribution is -2.52. The smallest absolute Gasteiger partial charge is 0.244 e. The summed E-state index contributed by atoms with van der Waals surface area (Å²) in [6.07, 6.45) is 7.80. The Labute approximate surface area is 165 Å². The highest BCUT2D eigenvalue weighted by molar-refractivity contribution is 7.91. The largest absolute Gasteiger partial charge is 0.465 e.